The van der Waals surface area contributed by atoms with Gasteiger partial charge in [0, 0.05) is 25.2 Å². The number of nitro groups is 1. The zero-order valence-corrected chi connectivity index (χ0v) is 17.9. The van der Waals surface area contributed by atoms with Gasteiger partial charge in [0.25, 0.3) is 11.6 Å². The number of aryl methyl sites for hydroxylation is 2. The fraction of sp³-hybridized carbons (Fsp3) is 0.350. The van der Waals surface area contributed by atoms with Crippen LogP contribution >= 0.6 is 11.3 Å². The van der Waals surface area contributed by atoms with Crippen LogP contribution < -0.4 is 0 Å². The number of nitrogens with zero attached hydrogens (tertiary/aromatic N) is 4. The molecule has 0 bridgehead atoms. The van der Waals surface area contributed by atoms with Gasteiger partial charge in [-0.3, -0.25) is 19.7 Å². The van der Waals surface area contributed by atoms with Crippen molar-refractivity contribution in [3.63, 3.8) is 0 Å². The van der Waals surface area contributed by atoms with Crippen LogP contribution in [0.5, 0.6) is 0 Å². The minimum Gasteiger partial charge on any atom is -0.503 e. The number of likely N-dealkylation sites (N-methyl/N-ethyl adjacent to an activating group) is 1. The fourth-order valence-electron chi connectivity index (χ4n) is 3.41. The van der Waals surface area contributed by atoms with E-state index in [-0.39, 0.29) is 17.8 Å². The highest BCUT2D eigenvalue weighted by molar-refractivity contribution is 7.14. The van der Waals surface area contributed by atoms with E-state index in [9.17, 15) is 24.8 Å². The molecule has 0 fully saturated rings. The van der Waals surface area contributed by atoms with Crippen molar-refractivity contribution in [1.29, 1.82) is 0 Å². The van der Waals surface area contributed by atoms with E-state index in [1.54, 1.807) is 13.8 Å². The summed E-state index contributed by atoms with van der Waals surface area (Å²) in [6.07, 6.45) is 0. The van der Waals surface area contributed by atoms with Gasteiger partial charge in [-0.05, 0) is 45.6 Å². The Hall–Kier alpha value is -3.11. The quantitative estimate of drug-likeness (QED) is 0.408. The van der Waals surface area contributed by atoms with Crippen LogP contribution in [0.3, 0.4) is 0 Å². The van der Waals surface area contributed by atoms with Crippen LogP contribution in [-0.4, -0.2) is 63.7 Å². The third-order valence-corrected chi connectivity index (χ3v) is 5.94. The average molecular weight is 430 g/mol. The second kappa shape index (κ2) is 8.33. The number of hydrogen-bond acceptors (Lipinski definition) is 8. The number of carbonyl (C=O) groups excluding carboxylic acids is 2. The topological polar surface area (TPSA) is 117 Å². The average Bonchev–Trinajstić information content (AvgIpc) is 3.15. The molecule has 1 atom stereocenters. The fourth-order valence-corrected chi connectivity index (χ4v) is 4.29. The maximum atomic E-state index is 13.3. The van der Waals surface area contributed by atoms with Crippen LogP contribution in [0.15, 0.2) is 35.6 Å². The van der Waals surface area contributed by atoms with E-state index in [1.807, 2.05) is 19.0 Å². The number of ketones is 1. The summed E-state index contributed by atoms with van der Waals surface area (Å²) in [5.74, 6) is -1.69. The smallest absolute Gasteiger partial charge is 0.290 e. The number of hydrogen-bond donors (Lipinski definition) is 1. The second-order valence-electron chi connectivity index (χ2n) is 7.29. The minimum atomic E-state index is -0.840. The summed E-state index contributed by atoms with van der Waals surface area (Å²) in [7, 11) is 3.70. The second-order valence-corrected chi connectivity index (χ2v) is 8.50. The Labute approximate surface area is 177 Å². The summed E-state index contributed by atoms with van der Waals surface area (Å²) < 4.78 is 0. The number of amides is 1. The molecule has 10 heteroatoms. The molecule has 9 nitrogen and oxygen atoms in total. The zero-order chi connectivity index (χ0) is 22.2. The van der Waals surface area contributed by atoms with Gasteiger partial charge >= 0.3 is 0 Å². The number of rotatable bonds is 7. The van der Waals surface area contributed by atoms with E-state index in [4.69, 9.17) is 0 Å². The Morgan fingerprint density at radius 2 is 1.93 bits per heavy atom. The van der Waals surface area contributed by atoms with Gasteiger partial charge in [-0.15, -0.1) is 11.3 Å². The van der Waals surface area contributed by atoms with E-state index in [2.05, 4.69) is 4.98 Å². The Kier molecular flexibility index (Phi) is 5.99. The molecule has 1 aromatic heterocycles. The maximum absolute atomic E-state index is 13.3. The van der Waals surface area contributed by atoms with E-state index in [0.717, 1.165) is 0 Å². The molecular formula is C20H22N4O5S. The van der Waals surface area contributed by atoms with Gasteiger partial charge in [-0.2, -0.15) is 0 Å². The molecule has 1 N–H and O–H groups in total. The first-order valence-electron chi connectivity index (χ1n) is 9.23. The van der Waals surface area contributed by atoms with Crippen molar-refractivity contribution in [2.75, 3.05) is 27.2 Å². The molecule has 0 saturated heterocycles. The Morgan fingerprint density at radius 3 is 2.43 bits per heavy atom. The first-order chi connectivity index (χ1) is 14.1. The molecule has 2 heterocycles. The molecule has 0 radical (unpaired) electrons. The molecule has 1 aromatic carbocycles. The van der Waals surface area contributed by atoms with Crippen LogP contribution in [0, 0.1) is 24.0 Å². The zero-order valence-electron chi connectivity index (χ0n) is 17.1. The van der Waals surface area contributed by atoms with Crippen molar-refractivity contribution in [2.45, 2.75) is 19.9 Å². The normalized spacial score (nSPS) is 16.6. The summed E-state index contributed by atoms with van der Waals surface area (Å²) in [6, 6.07) is 4.82. The van der Waals surface area contributed by atoms with Crippen molar-refractivity contribution < 1.29 is 19.6 Å². The summed E-state index contributed by atoms with van der Waals surface area (Å²) in [5.41, 5.74) is 0.917. The first-order valence-corrected chi connectivity index (χ1v) is 10.0. The molecule has 1 amide bonds. The molecule has 3 rings (SSSR count). The summed E-state index contributed by atoms with van der Waals surface area (Å²) in [4.78, 5) is 44.6. The number of thiazole rings is 1. The Morgan fingerprint density at radius 1 is 1.30 bits per heavy atom. The summed E-state index contributed by atoms with van der Waals surface area (Å²) in [5, 5.41) is 22.3. The number of aliphatic hydroxyl groups is 1. The molecule has 0 aliphatic carbocycles. The van der Waals surface area contributed by atoms with Gasteiger partial charge in [0.15, 0.2) is 5.76 Å². The van der Waals surface area contributed by atoms with Gasteiger partial charge in [0.1, 0.15) is 0 Å². The molecule has 0 spiro atoms. The van der Waals surface area contributed by atoms with Crippen molar-refractivity contribution in [3.8, 4) is 0 Å². The van der Waals surface area contributed by atoms with E-state index < -0.39 is 28.4 Å². The number of nitro benzene ring substituents is 1. The third kappa shape index (κ3) is 3.96. The standard InChI is InChI=1S/C20H22N4O5S/c1-11-19(30-12(2)21-11)17(25)15-16(13-5-7-14(8-6-13)24(28)29)23(10-9-22(3)4)20(27)18(15)26/h5-8,16,26H,9-10H2,1-4H3/t16-/m0/s1. The number of carbonyl (C=O) groups is 2. The lowest BCUT2D eigenvalue weighted by Gasteiger charge is -2.27. The number of aliphatic hydroxyl groups excluding tert-OH is 1. The third-order valence-electron chi connectivity index (χ3n) is 4.87. The first kappa shape index (κ1) is 21.6. The summed E-state index contributed by atoms with van der Waals surface area (Å²) in [6.45, 7) is 4.27. The van der Waals surface area contributed by atoms with Crippen LogP contribution in [0.1, 0.15) is 32.0 Å². The van der Waals surface area contributed by atoms with Crippen LogP contribution in [-0.2, 0) is 4.79 Å². The van der Waals surface area contributed by atoms with Gasteiger partial charge in [0.05, 0.1) is 32.1 Å². The highest BCUT2D eigenvalue weighted by Crippen LogP contribution is 2.40. The highest BCUT2D eigenvalue weighted by atomic mass is 32.1. The molecule has 0 unspecified atom stereocenters. The Bertz CT molecular complexity index is 1040. The lowest BCUT2D eigenvalue weighted by atomic mass is 9.95. The van der Waals surface area contributed by atoms with Gasteiger partial charge in [-0.1, -0.05) is 0 Å². The summed E-state index contributed by atoms with van der Waals surface area (Å²) >= 11 is 1.20. The SMILES string of the molecule is Cc1nc(C)c(C(=O)C2=C(O)C(=O)N(CCN(C)C)[C@H]2c2ccc([N+](=O)[O-])cc2)s1. The largest absolute Gasteiger partial charge is 0.503 e. The predicted octanol–water partition coefficient (Wildman–Crippen LogP) is 2.81. The maximum Gasteiger partial charge on any atom is 0.290 e. The lowest BCUT2D eigenvalue weighted by Crippen LogP contribution is -2.36. The van der Waals surface area contributed by atoms with Gasteiger partial charge in [0.2, 0.25) is 5.78 Å². The monoisotopic (exact) mass is 430 g/mol. The van der Waals surface area contributed by atoms with Gasteiger partial charge in [-0.25, -0.2) is 4.98 Å². The molecule has 158 valence electrons. The van der Waals surface area contributed by atoms with E-state index in [1.165, 1.54) is 40.5 Å². The molecule has 2 aromatic rings. The molecule has 0 saturated carbocycles. The molecule has 30 heavy (non-hydrogen) atoms. The lowest BCUT2D eigenvalue weighted by molar-refractivity contribution is -0.384. The Balaban J connectivity index is 2.09. The van der Waals surface area contributed by atoms with Gasteiger partial charge < -0.3 is 14.9 Å². The number of non-ortho nitro benzene ring substituents is 1. The van der Waals surface area contributed by atoms with Crippen molar-refractivity contribution >= 4 is 28.7 Å². The number of Topliss-reactive ketones (excluding diaryl/α,β-unsaturated/α-hetero) is 1. The van der Waals surface area contributed by atoms with Crippen molar-refractivity contribution in [2.24, 2.45) is 0 Å². The van der Waals surface area contributed by atoms with E-state index >= 15 is 0 Å². The van der Waals surface area contributed by atoms with E-state index in [0.29, 0.717) is 27.7 Å². The van der Waals surface area contributed by atoms with Crippen molar-refractivity contribution in [1.82, 2.24) is 14.8 Å². The molecular weight excluding hydrogens is 408 g/mol. The molecule has 1 aliphatic heterocycles. The molecule has 1 aliphatic rings. The minimum absolute atomic E-state index is 0.0284. The number of benzene rings is 1. The van der Waals surface area contributed by atoms with Crippen LogP contribution in [0.2, 0.25) is 0 Å². The number of aromatic nitrogens is 1. The highest BCUT2D eigenvalue weighted by Gasteiger charge is 2.44. The van der Waals surface area contributed by atoms with Crippen molar-refractivity contribution in [3.05, 3.63) is 66.9 Å². The van der Waals surface area contributed by atoms with Crippen LogP contribution in [0.4, 0.5) is 5.69 Å². The van der Waals surface area contributed by atoms with Crippen LogP contribution in [0.25, 0.3) is 0 Å². The predicted molar refractivity (Wildman–Crippen MR) is 112 cm³/mol.